The van der Waals surface area contributed by atoms with Crippen LogP contribution in [0.5, 0.6) is 5.75 Å². The van der Waals surface area contributed by atoms with Crippen molar-refractivity contribution in [3.05, 3.63) is 53.2 Å². The molecule has 0 fully saturated rings. The monoisotopic (exact) mass is 351 g/mol. The number of para-hydroxylation sites is 2. The lowest BCUT2D eigenvalue weighted by Gasteiger charge is -2.11. The summed E-state index contributed by atoms with van der Waals surface area (Å²) in [7, 11) is 0. The van der Waals surface area contributed by atoms with Crippen molar-refractivity contribution in [3.8, 4) is 17.4 Å². The van der Waals surface area contributed by atoms with Gasteiger partial charge in [0.25, 0.3) is 5.89 Å². The Balaban J connectivity index is 1.73. The number of alkyl halides is 2. The first-order chi connectivity index (χ1) is 12.0. The third-order valence-electron chi connectivity index (χ3n) is 3.01. The average molecular weight is 351 g/mol. The van der Waals surface area contributed by atoms with Crippen molar-refractivity contribution < 1.29 is 27.1 Å². The molecule has 1 amide bonds. The van der Waals surface area contributed by atoms with E-state index >= 15 is 0 Å². The molecule has 3 aromatic rings. The van der Waals surface area contributed by atoms with Gasteiger partial charge in [-0.3, -0.25) is 4.79 Å². The van der Waals surface area contributed by atoms with Gasteiger partial charge in [-0.15, -0.1) is 5.10 Å². The van der Waals surface area contributed by atoms with Crippen LogP contribution in [0.3, 0.4) is 0 Å². The zero-order chi connectivity index (χ0) is 17.8. The normalized spacial score (nSPS) is 10.8. The lowest BCUT2D eigenvalue weighted by molar-refractivity contribution is -0.117. The van der Waals surface area contributed by atoms with Gasteiger partial charge in [-0.1, -0.05) is 12.1 Å². The predicted octanol–water partition coefficient (Wildman–Crippen LogP) is 2.34. The van der Waals surface area contributed by atoms with Crippen molar-refractivity contribution in [2.45, 2.75) is 13.2 Å². The largest absolute Gasteiger partial charge is 0.459 e. The maximum Gasteiger partial charge on any atom is 0.437 e. The molecule has 0 aliphatic carbocycles. The second kappa shape index (κ2) is 6.99. The molecule has 2 heterocycles. The first-order valence-corrected chi connectivity index (χ1v) is 6.98. The van der Waals surface area contributed by atoms with Crippen LogP contribution in [0.4, 0.5) is 14.5 Å². The number of ether oxygens (including phenoxy) is 1. The Morgan fingerprint density at radius 2 is 2.08 bits per heavy atom. The number of hydrogen-bond donors (Lipinski definition) is 1. The number of furan rings is 1. The number of carbonyl (C=O) groups excluding carboxylic acids is 1. The number of carbonyl (C=O) groups is 1. The minimum Gasteiger partial charge on any atom is -0.459 e. The summed E-state index contributed by atoms with van der Waals surface area (Å²) in [4.78, 5) is 23.8. The molecule has 0 aliphatic rings. The van der Waals surface area contributed by atoms with Crippen molar-refractivity contribution >= 4 is 11.6 Å². The predicted molar refractivity (Wildman–Crippen MR) is 80.2 cm³/mol. The topological polar surface area (TPSA) is 99.5 Å². The van der Waals surface area contributed by atoms with Gasteiger partial charge in [0, 0.05) is 0 Å². The molecule has 0 aliphatic heterocycles. The Hall–Kier alpha value is -3.43. The summed E-state index contributed by atoms with van der Waals surface area (Å²) in [5, 5.41) is 6.21. The van der Waals surface area contributed by atoms with Crippen molar-refractivity contribution in [1.82, 2.24) is 9.78 Å². The highest BCUT2D eigenvalue weighted by atomic mass is 19.3. The number of benzene rings is 1. The van der Waals surface area contributed by atoms with E-state index in [0.717, 1.165) is 4.68 Å². The van der Waals surface area contributed by atoms with Crippen molar-refractivity contribution in [3.63, 3.8) is 0 Å². The van der Waals surface area contributed by atoms with E-state index in [1.165, 1.54) is 36.6 Å². The summed E-state index contributed by atoms with van der Waals surface area (Å²) in [6.07, 6.45) is 1.38. The third kappa shape index (κ3) is 3.91. The molecule has 2 aromatic heterocycles. The summed E-state index contributed by atoms with van der Waals surface area (Å²) >= 11 is 0. The highest BCUT2D eigenvalue weighted by Gasteiger charge is 2.16. The maximum atomic E-state index is 12.4. The van der Waals surface area contributed by atoms with Gasteiger partial charge in [0.15, 0.2) is 5.76 Å². The average Bonchev–Trinajstić information content (AvgIpc) is 3.19. The Kier molecular flexibility index (Phi) is 4.59. The van der Waals surface area contributed by atoms with E-state index < -0.39 is 24.8 Å². The molecule has 0 bridgehead atoms. The molecule has 0 atom stereocenters. The molecule has 130 valence electrons. The molecule has 1 aromatic carbocycles. The standard InChI is InChI=1S/C15H11F2N3O5/c16-14(17)24-10-5-2-1-4-9(10)18-12(21)8-20-15(22)25-13(19-20)11-6-3-7-23-11/h1-7,14H,8H2,(H,18,21). The molecule has 8 nitrogen and oxygen atoms in total. The van der Waals surface area contributed by atoms with E-state index in [2.05, 4.69) is 15.2 Å². The highest BCUT2D eigenvalue weighted by Crippen LogP contribution is 2.25. The Bertz CT molecular complexity index is 917. The van der Waals surface area contributed by atoms with Crippen molar-refractivity contribution in [2.75, 3.05) is 5.32 Å². The summed E-state index contributed by atoms with van der Waals surface area (Å²) in [6, 6.07) is 8.79. The molecule has 25 heavy (non-hydrogen) atoms. The van der Waals surface area contributed by atoms with Gasteiger partial charge in [-0.2, -0.15) is 13.5 Å². The molecule has 1 N–H and O–H groups in total. The summed E-state index contributed by atoms with van der Waals surface area (Å²) in [6.45, 7) is -3.52. The van der Waals surface area contributed by atoms with Gasteiger partial charge in [-0.05, 0) is 24.3 Å². The number of halogens is 2. The molecule has 0 spiro atoms. The molecular weight excluding hydrogens is 340 g/mol. The molecule has 0 unspecified atom stereocenters. The van der Waals surface area contributed by atoms with Crippen LogP contribution in [0.25, 0.3) is 11.7 Å². The first-order valence-electron chi connectivity index (χ1n) is 6.98. The number of nitrogens with zero attached hydrogens (tertiary/aromatic N) is 2. The maximum absolute atomic E-state index is 12.4. The van der Waals surface area contributed by atoms with Crippen LogP contribution in [0.2, 0.25) is 0 Å². The van der Waals surface area contributed by atoms with Gasteiger partial charge in [0.05, 0.1) is 12.0 Å². The second-order valence-electron chi connectivity index (χ2n) is 4.73. The summed E-state index contributed by atoms with van der Waals surface area (Å²) in [5.74, 6) is -1.59. The van der Waals surface area contributed by atoms with Crippen molar-refractivity contribution in [2.24, 2.45) is 0 Å². The van der Waals surface area contributed by atoms with E-state index in [-0.39, 0.29) is 23.1 Å². The summed E-state index contributed by atoms with van der Waals surface area (Å²) < 4.78 is 39.7. The quantitative estimate of drug-likeness (QED) is 0.732. The highest BCUT2D eigenvalue weighted by molar-refractivity contribution is 5.92. The number of rotatable bonds is 6. The first kappa shape index (κ1) is 16.4. The van der Waals surface area contributed by atoms with Gasteiger partial charge in [0.1, 0.15) is 12.3 Å². The molecule has 0 saturated carbocycles. The van der Waals surface area contributed by atoms with Gasteiger partial charge in [0.2, 0.25) is 5.91 Å². The van der Waals surface area contributed by atoms with E-state index in [1.807, 2.05) is 0 Å². The van der Waals surface area contributed by atoms with Crippen LogP contribution in [-0.2, 0) is 11.3 Å². The Labute approximate surface area is 138 Å². The molecule has 0 radical (unpaired) electrons. The van der Waals surface area contributed by atoms with E-state index in [9.17, 15) is 18.4 Å². The number of anilines is 1. The van der Waals surface area contributed by atoms with Gasteiger partial charge in [-0.25, -0.2) is 4.79 Å². The SMILES string of the molecule is O=C(Cn1nc(-c2ccco2)oc1=O)Nc1ccccc1OC(F)F. The van der Waals surface area contributed by atoms with E-state index in [0.29, 0.717) is 0 Å². The molecular formula is C15H11F2N3O5. The zero-order valence-corrected chi connectivity index (χ0v) is 12.5. The number of amides is 1. The fraction of sp³-hybridized carbons (Fsp3) is 0.133. The lowest BCUT2D eigenvalue weighted by atomic mass is 10.3. The van der Waals surface area contributed by atoms with Gasteiger partial charge < -0.3 is 18.9 Å². The van der Waals surface area contributed by atoms with E-state index in [1.54, 1.807) is 6.07 Å². The van der Waals surface area contributed by atoms with Crippen LogP contribution >= 0.6 is 0 Å². The van der Waals surface area contributed by atoms with E-state index in [4.69, 9.17) is 8.83 Å². The zero-order valence-electron chi connectivity index (χ0n) is 12.5. The summed E-state index contributed by atoms with van der Waals surface area (Å²) in [5.41, 5.74) is 0.0376. The fourth-order valence-corrected chi connectivity index (χ4v) is 2.00. The Morgan fingerprint density at radius 3 is 2.80 bits per heavy atom. The molecule has 0 saturated heterocycles. The molecule has 10 heteroatoms. The number of nitrogens with one attached hydrogen (secondary N) is 1. The second-order valence-corrected chi connectivity index (χ2v) is 4.73. The number of hydrogen-bond acceptors (Lipinski definition) is 6. The minimum absolute atomic E-state index is 0.0376. The fourth-order valence-electron chi connectivity index (χ4n) is 2.00. The van der Waals surface area contributed by atoms with Crippen LogP contribution in [-0.4, -0.2) is 22.3 Å². The number of aromatic nitrogens is 2. The van der Waals surface area contributed by atoms with Crippen molar-refractivity contribution in [1.29, 1.82) is 0 Å². The van der Waals surface area contributed by atoms with Crippen LogP contribution in [0.1, 0.15) is 0 Å². The minimum atomic E-state index is -3.04. The molecule has 3 rings (SSSR count). The Morgan fingerprint density at radius 1 is 1.28 bits per heavy atom. The van der Waals surface area contributed by atoms with Crippen LogP contribution in [0, 0.1) is 0 Å². The van der Waals surface area contributed by atoms with Crippen LogP contribution < -0.4 is 15.8 Å². The van der Waals surface area contributed by atoms with Gasteiger partial charge >= 0.3 is 12.4 Å². The van der Waals surface area contributed by atoms with Crippen LogP contribution in [0.15, 0.2) is 56.3 Å². The third-order valence-corrected chi connectivity index (χ3v) is 3.01. The lowest BCUT2D eigenvalue weighted by Crippen LogP contribution is -2.26. The smallest absolute Gasteiger partial charge is 0.437 e.